The molecule has 3 atom stereocenters. The van der Waals surface area contributed by atoms with Crippen LogP contribution in [-0.4, -0.2) is 36.5 Å². The Morgan fingerprint density at radius 3 is 2.72 bits per heavy atom. The van der Waals surface area contributed by atoms with Gasteiger partial charge in [-0.05, 0) is 63.5 Å². The van der Waals surface area contributed by atoms with Crippen LogP contribution in [0.1, 0.15) is 46.0 Å². The van der Waals surface area contributed by atoms with E-state index in [2.05, 4.69) is 24.1 Å². The molecule has 0 bridgehead atoms. The number of likely N-dealkylation sites (tertiary alicyclic amines) is 1. The molecular weight excluding hydrogens is 224 g/mol. The van der Waals surface area contributed by atoms with Gasteiger partial charge in [0, 0.05) is 18.5 Å². The van der Waals surface area contributed by atoms with E-state index in [9.17, 15) is 4.79 Å². The van der Waals surface area contributed by atoms with Crippen molar-refractivity contribution in [3.8, 4) is 0 Å². The average molecular weight is 250 g/mol. The summed E-state index contributed by atoms with van der Waals surface area (Å²) in [5.74, 6) is 1.49. The summed E-state index contributed by atoms with van der Waals surface area (Å²) in [5, 5.41) is 3.41. The van der Waals surface area contributed by atoms with Crippen molar-refractivity contribution in [3.05, 3.63) is 0 Å². The summed E-state index contributed by atoms with van der Waals surface area (Å²) in [4.78, 5) is 14.9. The SMILES string of the molecule is CC1CCCN(C(=O)C2CC23CCNCC3)C1C. The maximum absolute atomic E-state index is 12.7. The van der Waals surface area contributed by atoms with Gasteiger partial charge in [-0.25, -0.2) is 0 Å². The quantitative estimate of drug-likeness (QED) is 0.772. The number of nitrogens with zero attached hydrogens (tertiary/aromatic N) is 1. The molecule has 0 aromatic heterocycles. The number of carbonyl (C=O) groups is 1. The second-order valence-electron chi connectivity index (χ2n) is 6.76. The lowest BCUT2D eigenvalue weighted by atomic mass is 9.89. The summed E-state index contributed by atoms with van der Waals surface area (Å²) >= 11 is 0. The van der Waals surface area contributed by atoms with E-state index in [0.717, 1.165) is 26.1 Å². The van der Waals surface area contributed by atoms with Gasteiger partial charge in [0.15, 0.2) is 0 Å². The van der Waals surface area contributed by atoms with E-state index in [1.165, 1.54) is 25.7 Å². The van der Waals surface area contributed by atoms with Crippen LogP contribution in [0.2, 0.25) is 0 Å². The summed E-state index contributed by atoms with van der Waals surface area (Å²) in [6.07, 6.45) is 6.05. The highest BCUT2D eigenvalue weighted by atomic mass is 16.2. The smallest absolute Gasteiger partial charge is 0.226 e. The van der Waals surface area contributed by atoms with Crippen LogP contribution in [0.3, 0.4) is 0 Å². The number of carbonyl (C=O) groups excluding carboxylic acids is 1. The molecule has 3 nitrogen and oxygen atoms in total. The summed E-state index contributed by atoms with van der Waals surface area (Å²) in [7, 11) is 0. The van der Waals surface area contributed by atoms with Crippen molar-refractivity contribution in [1.29, 1.82) is 0 Å². The van der Waals surface area contributed by atoms with Crippen LogP contribution in [0, 0.1) is 17.3 Å². The van der Waals surface area contributed by atoms with Gasteiger partial charge in [-0.1, -0.05) is 6.92 Å². The second-order valence-corrected chi connectivity index (χ2v) is 6.76. The zero-order valence-electron chi connectivity index (χ0n) is 11.7. The fraction of sp³-hybridized carbons (Fsp3) is 0.933. The molecule has 102 valence electrons. The number of hydrogen-bond acceptors (Lipinski definition) is 2. The lowest BCUT2D eigenvalue weighted by molar-refractivity contribution is -0.138. The summed E-state index contributed by atoms with van der Waals surface area (Å²) in [6, 6.07) is 0.450. The van der Waals surface area contributed by atoms with Crippen molar-refractivity contribution in [2.75, 3.05) is 19.6 Å². The molecule has 2 heterocycles. The molecule has 0 radical (unpaired) electrons. The highest BCUT2D eigenvalue weighted by Crippen LogP contribution is 2.59. The molecule has 3 fully saturated rings. The first kappa shape index (κ1) is 12.5. The van der Waals surface area contributed by atoms with Crippen LogP contribution >= 0.6 is 0 Å². The highest BCUT2D eigenvalue weighted by Gasteiger charge is 2.59. The minimum Gasteiger partial charge on any atom is -0.339 e. The van der Waals surface area contributed by atoms with Crippen molar-refractivity contribution < 1.29 is 4.79 Å². The molecule has 3 aliphatic rings. The average Bonchev–Trinajstić information content (AvgIpc) is 3.06. The van der Waals surface area contributed by atoms with Crippen LogP contribution in [0.4, 0.5) is 0 Å². The van der Waals surface area contributed by atoms with Gasteiger partial charge in [-0.15, -0.1) is 0 Å². The molecule has 3 rings (SSSR count). The third-order valence-electron chi connectivity index (χ3n) is 5.74. The van der Waals surface area contributed by atoms with Crippen LogP contribution in [0.15, 0.2) is 0 Å². The van der Waals surface area contributed by atoms with Gasteiger partial charge in [0.2, 0.25) is 5.91 Å². The van der Waals surface area contributed by atoms with Crippen LogP contribution in [-0.2, 0) is 4.79 Å². The Morgan fingerprint density at radius 2 is 2.00 bits per heavy atom. The molecule has 3 unspecified atom stereocenters. The van der Waals surface area contributed by atoms with Gasteiger partial charge in [0.25, 0.3) is 0 Å². The predicted octanol–water partition coefficient (Wildman–Crippen LogP) is 2.02. The molecule has 1 spiro atoms. The van der Waals surface area contributed by atoms with Crippen molar-refractivity contribution in [2.45, 2.75) is 52.0 Å². The molecule has 18 heavy (non-hydrogen) atoms. The first-order chi connectivity index (χ1) is 8.64. The highest BCUT2D eigenvalue weighted by molar-refractivity contribution is 5.83. The second kappa shape index (κ2) is 4.52. The van der Waals surface area contributed by atoms with Crippen LogP contribution in [0.5, 0.6) is 0 Å². The van der Waals surface area contributed by atoms with Crippen molar-refractivity contribution in [2.24, 2.45) is 17.3 Å². The van der Waals surface area contributed by atoms with Crippen molar-refractivity contribution in [1.82, 2.24) is 10.2 Å². The van der Waals surface area contributed by atoms with E-state index in [4.69, 9.17) is 0 Å². The van der Waals surface area contributed by atoms with E-state index in [-0.39, 0.29) is 0 Å². The predicted molar refractivity (Wildman–Crippen MR) is 72.2 cm³/mol. The Bertz CT molecular complexity index is 335. The van der Waals surface area contributed by atoms with Gasteiger partial charge in [0.1, 0.15) is 0 Å². The molecule has 0 aromatic rings. The molecule has 2 aliphatic heterocycles. The van der Waals surface area contributed by atoms with Crippen molar-refractivity contribution >= 4 is 5.91 Å². The number of hydrogen-bond donors (Lipinski definition) is 1. The fourth-order valence-electron chi connectivity index (χ4n) is 4.02. The van der Waals surface area contributed by atoms with Gasteiger partial charge in [-0.3, -0.25) is 4.79 Å². The lowest BCUT2D eigenvalue weighted by Gasteiger charge is -2.38. The fourth-order valence-corrected chi connectivity index (χ4v) is 4.02. The maximum atomic E-state index is 12.7. The summed E-state index contributed by atoms with van der Waals surface area (Å²) in [6.45, 7) is 7.73. The molecule has 2 saturated heterocycles. The Labute approximate surface area is 110 Å². The molecule has 1 amide bonds. The van der Waals surface area contributed by atoms with E-state index in [1.54, 1.807) is 0 Å². The lowest BCUT2D eigenvalue weighted by Crippen LogP contribution is -2.47. The number of nitrogens with one attached hydrogen (secondary N) is 1. The largest absolute Gasteiger partial charge is 0.339 e. The first-order valence-corrected chi connectivity index (χ1v) is 7.65. The zero-order valence-corrected chi connectivity index (χ0v) is 11.7. The molecule has 1 N–H and O–H groups in total. The molecule has 3 heteroatoms. The Hall–Kier alpha value is -0.570. The third-order valence-corrected chi connectivity index (χ3v) is 5.74. The molecule has 1 saturated carbocycles. The van der Waals surface area contributed by atoms with E-state index >= 15 is 0 Å². The van der Waals surface area contributed by atoms with Crippen LogP contribution in [0.25, 0.3) is 0 Å². The maximum Gasteiger partial charge on any atom is 0.226 e. The molecule has 0 aromatic carbocycles. The molecular formula is C15H26N2O. The van der Waals surface area contributed by atoms with Gasteiger partial charge >= 0.3 is 0 Å². The minimum absolute atomic E-state index is 0.354. The van der Waals surface area contributed by atoms with Gasteiger partial charge < -0.3 is 10.2 Å². The topological polar surface area (TPSA) is 32.3 Å². The first-order valence-electron chi connectivity index (χ1n) is 7.65. The number of piperidine rings is 2. The van der Waals surface area contributed by atoms with Gasteiger partial charge in [-0.2, -0.15) is 0 Å². The van der Waals surface area contributed by atoms with Gasteiger partial charge in [0.05, 0.1) is 0 Å². The van der Waals surface area contributed by atoms with Crippen molar-refractivity contribution in [3.63, 3.8) is 0 Å². The minimum atomic E-state index is 0.354. The summed E-state index contributed by atoms with van der Waals surface area (Å²) < 4.78 is 0. The summed E-state index contributed by atoms with van der Waals surface area (Å²) in [5.41, 5.74) is 0.392. The number of rotatable bonds is 1. The zero-order chi connectivity index (χ0) is 12.8. The standard InChI is InChI=1S/C15H26N2O/c1-11-4-3-9-17(12(11)2)14(18)13-10-15(13)5-7-16-8-6-15/h11-13,16H,3-10H2,1-2H3. The monoisotopic (exact) mass is 250 g/mol. The Morgan fingerprint density at radius 1 is 1.28 bits per heavy atom. The normalized spacial score (nSPS) is 38.8. The van der Waals surface area contributed by atoms with E-state index in [1.807, 2.05) is 0 Å². The van der Waals surface area contributed by atoms with Crippen LogP contribution < -0.4 is 5.32 Å². The Kier molecular flexibility index (Phi) is 3.13. The third kappa shape index (κ3) is 1.97. The Balaban J connectivity index is 1.65. The van der Waals surface area contributed by atoms with E-state index < -0.39 is 0 Å². The molecule has 1 aliphatic carbocycles. The number of amides is 1. The van der Waals surface area contributed by atoms with E-state index in [0.29, 0.717) is 29.2 Å².